The van der Waals surface area contributed by atoms with Gasteiger partial charge in [0.15, 0.2) is 0 Å². The average Bonchev–Trinajstić information content (AvgIpc) is 3.76. The number of halogens is 1. The van der Waals surface area contributed by atoms with Gasteiger partial charge in [0, 0.05) is 22.7 Å². The van der Waals surface area contributed by atoms with Crippen LogP contribution in [0.4, 0.5) is 11.4 Å². The van der Waals surface area contributed by atoms with Crippen LogP contribution >= 0.6 is 11.6 Å². The Labute approximate surface area is 274 Å². The lowest BCUT2D eigenvalue weighted by atomic mass is 10.0. The number of hydrogen-bond acceptors (Lipinski definition) is 9. The molecule has 3 N–H and O–H groups in total. The molecule has 0 unspecified atom stereocenters. The lowest BCUT2D eigenvalue weighted by molar-refractivity contribution is -0.137. The first-order valence-electron chi connectivity index (χ1n) is 14.4. The molecular weight excluding hydrogens is 626 g/mol. The first-order chi connectivity index (χ1) is 22.4. The summed E-state index contributed by atoms with van der Waals surface area (Å²) >= 11 is 6.14. The molecule has 0 saturated heterocycles. The van der Waals surface area contributed by atoms with Gasteiger partial charge in [-0.3, -0.25) is 14.4 Å². The van der Waals surface area contributed by atoms with E-state index in [9.17, 15) is 19.2 Å². The number of nitrogens with zero attached hydrogens (tertiary/aromatic N) is 4. The van der Waals surface area contributed by atoms with Crippen molar-refractivity contribution in [2.45, 2.75) is 38.8 Å². The van der Waals surface area contributed by atoms with Crippen LogP contribution in [0.1, 0.15) is 36.7 Å². The van der Waals surface area contributed by atoms with Crippen molar-refractivity contribution in [3.8, 4) is 16.8 Å². The fraction of sp³-hybridized carbons (Fsp3) is 0.182. The molecule has 0 aliphatic heterocycles. The van der Waals surface area contributed by atoms with Crippen molar-refractivity contribution in [1.82, 2.24) is 25.5 Å². The fourth-order valence-corrected chi connectivity index (χ4v) is 4.62. The molecule has 0 aliphatic rings. The third-order valence-electron chi connectivity index (χ3n) is 6.67. The van der Waals surface area contributed by atoms with Gasteiger partial charge < -0.3 is 25.1 Å². The van der Waals surface area contributed by atoms with E-state index in [1.807, 2.05) is 30.3 Å². The zero-order valence-electron chi connectivity index (χ0n) is 25.6. The Morgan fingerprint density at radius 3 is 2.30 bits per heavy atom. The molecule has 14 heteroatoms. The first kappa shape index (κ1) is 32.6. The largest absolute Gasteiger partial charge is 0.472 e. The Morgan fingerprint density at radius 1 is 0.915 bits per heavy atom. The van der Waals surface area contributed by atoms with Crippen LogP contribution < -0.4 is 16.0 Å². The summed E-state index contributed by atoms with van der Waals surface area (Å²) in [6.07, 6.45) is 4.55. The zero-order valence-corrected chi connectivity index (χ0v) is 26.3. The van der Waals surface area contributed by atoms with E-state index in [-0.39, 0.29) is 12.1 Å². The molecule has 13 nitrogen and oxygen atoms in total. The van der Waals surface area contributed by atoms with Gasteiger partial charge >= 0.3 is 17.8 Å². The van der Waals surface area contributed by atoms with E-state index < -0.39 is 35.3 Å². The number of carbonyl (C=O) groups excluding carboxylic acids is 4. The number of furan rings is 1. The number of carbonyl (C=O) groups is 4. The van der Waals surface area contributed by atoms with Crippen LogP contribution in [0.5, 0.6) is 0 Å². The van der Waals surface area contributed by atoms with Crippen LogP contribution in [0.25, 0.3) is 16.8 Å². The molecular formula is C33H30ClN7O6. The van der Waals surface area contributed by atoms with Crippen LogP contribution in [0.3, 0.4) is 0 Å². The van der Waals surface area contributed by atoms with E-state index in [0.29, 0.717) is 27.5 Å². The monoisotopic (exact) mass is 655 g/mol. The van der Waals surface area contributed by atoms with E-state index in [4.69, 9.17) is 20.8 Å². The number of amides is 3. The van der Waals surface area contributed by atoms with Crippen molar-refractivity contribution >= 4 is 46.7 Å². The number of benzene rings is 3. The van der Waals surface area contributed by atoms with E-state index in [1.165, 1.54) is 29.2 Å². The molecule has 0 spiro atoms. The molecule has 0 radical (unpaired) electrons. The summed E-state index contributed by atoms with van der Waals surface area (Å²) in [6, 6.07) is 18.7. The Hall–Kier alpha value is -5.82. The number of aromatic nitrogens is 4. The van der Waals surface area contributed by atoms with Gasteiger partial charge in [-0.25, -0.2) is 4.79 Å². The van der Waals surface area contributed by atoms with Gasteiger partial charge in [0.05, 0.1) is 29.5 Å². The second kappa shape index (κ2) is 14.1. The molecule has 3 amide bonds. The molecule has 3 aromatic carbocycles. The lowest BCUT2D eigenvalue weighted by Crippen LogP contribution is -2.49. The maximum atomic E-state index is 13.5. The van der Waals surface area contributed by atoms with Gasteiger partial charge in [0.25, 0.3) is 0 Å². The zero-order chi connectivity index (χ0) is 33.6. The van der Waals surface area contributed by atoms with Crippen molar-refractivity contribution in [1.29, 1.82) is 0 Å². The number of anilines is 2. The SMILES string of the molecule is CC(C)(C)OC(=O)c1ccc(NC(=O)[C@H](Cc2ccc(-c3ccoc3)cc2)NC(=O)C(=O)Nc2cc(Cl)ccc2-n2cnnn2)cc1. The number of hydrogen-bond donors (Lipinski definition) is 3. The average molecular weight is 656 g/mol. The van der Waals surface area contributed by atoms with Gasteiger partial charge in [-0.2, -0.15) is 4.68 Å². The Bertz CT molecular complexity index is 1870. The molecule has 5 aromatic rings. The van der Waals surface area contributed by atoms with Gasteiger partial charge in [-0.05, 0) is 90.9 Å². The van der Waals surface area contributed by atoms with Gasteiger partial charge in [0.1, 0.15) is 18.0 Å². The maximum absolute atomic E-state index is 13.5. The third-order valence-corrected chi connectivity index (χ3v) is 6.90. The minimum atomic E-state index is -1.17. The predicted octanol–water partition coefficient (Wildman–Crippen LogP) is 4.84. The summed E-state index contributed by atoms with van der Waals surface area (Å²) in [5.41, 5.74) is 3.04. The summed E-state index contributed by atoms with van der Waals surface area (Å²) in [4.78, 5) is 52.2. The van der Waals surface area contributed by atoms with E-state index in [0.717, 1.165) is 11.1 Å². The van der Waals surface area contributed by atoms with Gasteiger partial charge in [-0.15, -0.1) is 5.10 Å². The van der Waals surface area contributed by atoms with Crippen molar-refractivity contribution in [2.24, 2.45) is 0 Å². The first-order valence-corrected chi connectivity index (χ1v) is 14.7. The van der Waals surface area contributed by atoms with E-state index in [2.05, 4.69) is 31.5 Å². The second-order valence-corrected chi connectivity index (χ2v) is 11.8. The topological polar surface area (TPSA) is 170 Å². The molecule has 0 fully saturated rings. The van der Waals surface area contributed by atoms with Crippen LogP contribution in [-0.2, 0) is 25.5 Å². The van der Waals surface area contributed by atoms with Gasteiger partial charge in [-0.1, -0.05) is 35.9 Å². The summed E-state index contributed by atoms with van der Waals surface area (Å²) in [7, 11) is 0. The van der Waals surface area contributed by atoms with Gasteiger partial charge in [0.2, 0.25) is 5.91 Å². The van der Waals surface area contributed by atoms with Crippen LogP contribution in [0.15, 0.2) is 96.1 Å². The highest BCUT2D eigenvalue weighted by molar-refractivity contribution is 6.40. The number of rotatable bonds is 9. The standard InChI is InChI=1S/C33H30ClN7O6/c1-33(2,3)47-32(45)22-8-11-25(12-9-22)36-29(42)27(16-20-4-6-21(7-5-20)23-14-15-46-18-23)38-31(44)30(43)37-26-17-24(34)10-13-28(26)41-19-35-39-40-41/h4-15,17-19,27H,16H2,1-3H3,(H,36,42)(H,37,43)(H,38,44)/t27-/m0/s1. The molecule has 5 rings (SSSR count). The lowest BCUT2D eigenvalue weighted by Gasteiger charge is -2.20. The molecule has 0 saturated carbocycles. The molecule has 2 heterocycles. The summed E-state index contributed by atoms with van der Waals surface area (Å²) < 4.78 is 11.8. The fourth-order valence-electron chi connectivity index (χ4n) is 4.45. The molecule has 0 aliphatic carbocycles. The van der Waals surface area contributed by atoms with Crippen LogP contribution in [0.2, 0.25) is 5.02 Å². The second-order valence-electron chi connectivity index (χ2n) is 11.4. The van der Waals surface area contributed by atoms with E-state index in [1.54, 1.807) is 57.6 Å². The Morgan fingerprint density at radius 2 is 1.66 bits per heavy atom. The van der Waals surface area contributed by atoms with Crippen molar-refractivity contribution in [3.63, 3.8) is 0 Å². The predicted molar refractivity (Wildman–Crippen MR) is 173 cm³/mol. The number of tetrazole rings is 1. The van der Waals surface area contributed by atoms with E-state index >= 15 is 0 Å². The Kier molecular flexibility index (Phi) is 9.76. The number of esters is 1. The van der Waals surface area contributed by atoms with Crippen LogP contribution in [-0.4, -0.2) is 55.5 Å². The maximum Gasteiger partial charge on any atom is 0.338 e. The Balaban J connectivity index is 1.33. The third kappa shape index (κ3) is 8.67. The van der Waals surface area contributed by atoms with Crippen molar-refractivity contribution < 1.29 is 28.3 Å². The van der Waals surface area contributed by atoms with Crippen LogP contribution in [0, 0.1) is 0 Å². The van der Waals surface area contributed by atoms with Crippen molar-refractivity contribution in [3.05, 3.63) is 108 Å². The molecule has 0 bridgehead atoms. The van der Waals surface area contributed by atoms with Crippen molar-refractivity contribution in [2.75, 3.05) is 10.6 Å². The molecule has 2 aromatic heterocycles. The minimum absolute atomic E-state index is 0.0551. The highest BCUT2D eigenvalue weighted by Gasteiger charge is 2.26. The summed E-state index contributed by atoms with van der Waals surface area (Å²) in [5, 5.41) is 19.1. The molecule has 47 heavy (non-hydrogen) atoms. The minimum Gasteiger partial charge on any atom is -0.472 e. The molecule has 240 valence electrons. The highest BCUT2D eigenvalue weighted by Crippen LogP contribution is 2.24. The quantitative estimate of drug-likeness (QED) is 0.149. The number of ether oxygens (including phenoxy) is 1. The molecule has 1 atom stereocenters. The summed E-state index contributed by atoms with van der Waals surface area (Å²) in [5.74, 6) is -3.21. The smallest absolute Gasteiger partial charge is 0.338 e. The number of nitrogens with one attached hydrogen (secondary N) is 3. The highest BCUT2D eigenvalue weighted by atomic mass is 35.5. The summed E-state index contributed by atoms with van der Waals surface area (Å²) in [6.45, 7) is 5.30. The normalized spacial score (nSPS) is 11.7.